The van der Waals surface area contributed by atoms with E-state index in [2.05, 4.69) is 26.0 Å². The van der Waals surface area contributed by atoms with Crippen LogP contribution in [0.4, 0.5) is 4.39 Å². The molecule has 0 aliphatic carbocycles. The molecule has 0 fully saturated rings. The lowest BCUT2D eigenvalue weighted by Crippen LogP contribution is -2.45. The van der Waals surface area contributed by atoms with Crippen LogP contribution in [0.2, 0.25) is 0 Å². The number of rotatable bonds is 0. The fourth-order valence-electron chi connectivity index (χ4n) is 0.359. The predicted octanol–water partition coefficient (Wildman–Crippen LogP) is 0.339. The van der Waals surface area contributed by atoms with Crippen molar-refractivity contribution in [3.05, 3.63) is 10.9 Å². The third kappa shape index (κ3) is 1.10. The number of halogens is 2. The van der Waals surface area contributed by atoms with Crippen molar-refractivity contribution in [2.75, 3.05) is 0 Å². The molecule has 0 amide bonds. The second-order valence-electron chi connectivity index (χ2n) is 1.35. The maximum atomic E-state index is 12.2. The maximum absolute atomic E-state index is 12.2. The van der Waals surface area contributed by atoms with Crippen LogP contribution >= 0.6 is 15.9 Å². The Balaban J connectivity index is 2.55. The van der Waals surface area contributed by atoms with Gasteiger partial charge in [-0.05, 0) is 15.9 Å². The molecule has 0 saturated carbocycles. The second kappa shape index (κ2) is 1.60. The summed E-state index contributed by atoms with van der Waals surface area (Å²) in [5.41, 5.74) is 4.79. The molecule has 0 aromatic heterocycles. The van der Waals surface area contributed by atoms with E-state index in [1.807, 2.05) is 0 Å². The lowest BCUT2D eigenvalue weighted by atomic mass is 10.9. The molecule has 0 radical (unpaired) electrons. The minimum absolute atomic E-state index is 0.405. The minimum Gasteiger partial charge on any atom is -0.434 e. The van der Waals surface area contributed by atoms with Crippen LogP contribution in [-0.4, -0.2) is 6.10 Å². The van der Waals surface area contributed by atoms with Crippen LogP contribution in [0, 0.1) is 0 Å². The van der Waals surface area contributed by atoms with Gasteiger partial charge in [-0.2, -0.15) is 4.39 Å². The summed E-state index contributed by atoms with van der Waals surface area (Å²) >= 11 is 2.92. The number of nitrogens with one attached hydrogen (secondary N) is 1. The van der Waals surface area contributed by atoms with E-state index in [1.165, 1.54) is 0 Å². The van der Waals surface area contributed by atoms with E-state index in [9.17, 15) is 4.39 Å². The van der Waals surface area contributed by atoms with Crippen molar-refractivity contribution >= 4 is 15.9 Å². The van der Waals surface area contributed by atoms with E-state index in [0.29, 0.717) is 4.61 Å². The molecule has 1 rings (SSSR count). The number of hydrogen-bond acceptors (Lipinski definition) is 3. The molecule has 1 atom stereocenters. The quantitative estimate of drug-likeness (QED) is 0.532. The predicted molar refractivity (Wildman–Crippen MR) is 29.3 cm³/mol. The monoisotopic (exact) mass is 182 g/mol. The molecule has 0 bridgehead atoms. The largest absolute Gasteiger partial charge is 0.434 e. The first-order valence-electron chi connectivity index (χ1n) is 1.90. The number of nitrogens with two attached hydrogens (primary N) is 1. The molecule has 0 aromatic rings. The molecule has 1 unspecified atom stereocenters. The first-order valence-corrected chi connectivity index (χ1v) is 2.69. The summed E-state index contributed by atoms with van der Waals surface area (Å²) in [6.45, 7) is 0. The molecule has 1 aliphatic rings. The van der Waals surface area contributed by atoms with Crippen molar-refractivity contribution in [2.24, 2.45) is 5.73 Å². The molecular formula is C3H4BrFN2O. The minimum atomic E-state index is -2.22. The topological polar surface area (TPSA) is 47.3 Å². The molecule has 5 heteroatoms. The second-order valence-corrected chi connectivity index (χ2v) is 2.21. The van der Waals surface area contributed by atoms with Crippen molar-refractivity contribution < 1.29 is 9.13 Å². The standard InChI is InChI=1S/C3H4BrFN2O/c4-2-1-8-3(5,6)7-2/h1,7H,6H2. The van der Waals surface area contributed by atoms with Gasteiger partial charge in [-0.1, -0.05) is 0 Å². The van der Waals surface area contributed by atoms with E-state index in [0.717, 1.165) is 6.26 Å². The summed E-state index contributed by atoms with van der Waals surface area (Å²) in [5.74, 6) is 0. The Morgan fingerprint density at radius 1 is 2.00 bits per heavy atom. The Bertz CT molecular complexity index is 135. The van der Waals surface area contributed by atoms with Gasteiger partial charge in [0.1, 0.15) is 10.9 Å². The van der Waals surface area contributed by atoms with Crippen molar-refractivity contribution in [3.63, 3.8) is 0 Å². The highest BCUT2D eigenvalue weighted by molar-refractivity contribution is 9.11. The summed E-state index contributed by atoms with van der Waals surface area (Å²) in [6.07, 6.45) is -1.07. The maximum Gasteiger partial charge on any atom is 0.393 e. The smallest absolute Gasteiger partial charge is 0.393 e. The number of ether oxygens (including phenoxy) is 1. The van der Waals surface area contributed by atoms with Gasteiger partial charge < -0.3 is 4.74 Å². The molecule has 1 aliphatic heterocycles. The van der Waals surface area contributed by atoms with Crippen LogP contribution in [0.15, 0.2) is 10.9 Å². The Morgan fingerprint density at radius 3 is 2.75 bits per heavy atom. The third-order valence-corrected chi connectivity index (χ3v) is 1.01. The fourth-order valence-corrected chi connectivity index (χ4v) is 0.723. The van der Waals surface area contributed by atoms with Gasteiger partial charge in [-0.3, -0.25) is 5.32 Å². The van der Waals surface area contributed by atoms with E-state index in [-0.39, 0.29) is 0 Å². The van der Waals surface area contributed by atoms with Crippen LogP contribution in [0.5, 0.6) is 0 Å². The number of alkyl halides is 1. The molecule has 3 N–H and O–H groups in total. The average molecular weight is 183 g/mol. The summed E-state index contributed by atoms with van der Waals surface area (Å²) < 4.78 is 16.9. The van der Waals surface area contributed by atoms with Gasteiger partial charge in [0.05, 0.1) is 0 Å². The fraction of sp³-hybridized carbons (Fsp3) is 0.333. The van der Waals surface area contributed by atoms with E-state index >= 15 is 0 Å². The van der Waals surface area contributed by atoms with Crippen LogP contribution < -0.4 is 11.1 Å². The van der Waals surface area contributed by atoms with Crippen LogP contribution in [-0.2, 0) is 4.74 Å². The Labute approximate surface area is 53.8 Å². The van der Waals surface area contributed by atoms with Crippen molar-refractivity contribution in [3.8, 4) is 0 Å². The molecule has 0 aromatic carbocycles. The summed E-state index contributed by atoms with van der Waals surface area (Å²) in [7, 11) is 0. The van der Waals surface area contributed by atoms with Gasteiger partial charge in [-0.15, -0.1) is 0 Å². The molecule has 8 heavy (non-hydrogen) atoms. The van der Waals surface area contributed by atoms with Gasteiger partial charge in [0.15, 0.2) is 0 Å². The molecule has 0 spiro atoms. The highest BCUT2D eigenvalue weighted by atomic mass is 79.9. The zero-order valence-corrected chi connectivity index (χ0v) is 5.40. The molecular weight excluding hydrogens is 179 g/mol. The number of hydrogen-bond donors (Lipinski definition) is 2. The van der Waals surface area contributed by atoms with Gasteiger partial charge in [0.25, 0.3) is 0 Å². The zero-order valence-electron chi connectivity index (χ0n) is 3.82. The molecule has 1 heterocycles. The van der Waals surface area contributed by atoms with E-state index < -0.39 is 6.10 Å². The highest BCUT2D eigenvalue weighted by Gasteiger charge is 2.29. The van der Waals surface area contributed by atoms with Gasteiger partial charge in [0, 0.05) is 0 Å². The van der Waals surface area contributed by atoms with Gasteiger partial charge in [0.2, 0.25) is 0 Å². The SMILES string of the molecule is NC1(F)NC(Br)=CO1. The first kappa shape index (κ1) is 5.84. The highest BCUT2D eigenvalue weighted by Crippen LogP contribution is 2.16. The van der Waals surface area contributed by atoms with Gasteiger partial charge in [-0.25, -0.2) is 5.73 Å². The zero-order chi connectivity index (χ0) is 6.20. The van der Waals surface area contributed by atoms with Crippen LogP contribution in [0.25, 0.3) is 0 Å². The van der Waals surface area contributed by atoms with E-state index in [4.69, 9.17) is 5.73 Å². The van der Waals surface area contributed by atoms with Crippen molar-refractivity contribution in [2.45, 2.75) is 6.10 Å². The first-order chi connectivity index (χ1) is 3.60. The Kier molecular flexibility index (Phi) is 1.16. The molecule has 3 nitrogen and oxygen atoms in total. The average Bonchev–Trinajstić information content (AvgIpc) is 1.82. The van der Waals surface area contributed by atoms with Crippen molar-refractivity contribution in [1.29, 1.82) is 0 Å². The van der Waals surface area contributed by atoms with Crippen LogP contribution in [0.1, 0.15) is 0 Å². The summed E-state index contributed by atoms with van der Waals surface area (Å²) in [4.78, 5) is 0. The normalized spacial score (nSPS) is 35.6. The van der Waals surface area contributed by atoms with Crippen LogP contribution in [0.3, 0.4) is 0 Å². The molecule has 0 saturated heterocycles. The summed E-state index contributed by atoms with van der Waals surface area (Å²) in [6, 6.07) is 0. The molecule has 46 valence electrons. The Morgan fingerprint density at radius 2 is 2.62 bits per heavy atom. The van der Waals surface area contributed by atoms with Gasteiger partial charge >= 0.3 is 6.10 Å². The Hall–Kier alpha value is -0.290. The lowest BCUT2D eigenvalue weighted by Gasteiger charge is -2.11. The third-order valence-electron chi connectivity index (χ3n) is 0.624. The summed E-state index contributed by atoms with van der Waals surface area (Å²) in [5, 5.41) is 2.16. The van der Waals surface area contributed by atoms with Crippen molar-refractivity contribution in [1.82, 2.24) is 5.32 Å². The van der Waals surface area contributed by atoms with E-state index in [1.54, 1.807) is 0 Å². The lowest BCUT2D eigenvalue weighted by molar-refractivity contribution is -0.0922.